The molecule has 0 aliphatic heterocycles. The lowest BCUT2D eigenvalue weighted by atomic mass is 9.80. The molecular weight excluding hydrogens is 308 g/mol. The van der Waals surface area contributed by atoms with E-state index in [-0.39, 0.29) is 11.0 Å². The lowest BCUT2D eigenvalue weighted by Crippen LogP contribution is -2.30. The standard InChI is InChI=1S/C18H26N2O2S/c1-2-5-13-7-9-14(10-8-13)12-22-18(21)16(17(19)23)15-6-3-4-11-20-15/h3-4,6,11,13-14,16H,2,5,7-10,12H2,1H3,(H2,19,23). The van der Waals surface area contributed by atoms with Crippen molar-refractivity contribution in [1.29, 1.82) is 0 Å². The van der Waals surface area contributed by atoms with Crippen LogP contribution in [0.15, 0.2) is 24.4 Å². The minimum absolute atomic E-state index is 0.111. The summed E-state index contributed by atoms with van der Waals surface area (Å²) in [6.45, 7) is 2.70. The fourth-order valence-corrected chi connectivity index (χ4v) is 3.52. The molecule has 1 heterocycles. The number of hydrogen-bond acceptors (Lipinski definition) is 4. The Balaban J connectivity index is 1.85. The summed E-state index contributed by atoms with van der Waals surface area (Å²) in [5.74, 6) is 0.183. The highest BCUT2D eigenvalue weighted by Crippen LogP contribution is 2.31. The molecule has 1 aliphatic rings. The van der Waals surface area contributed by atoms with Gasteiger partial charge in [-0.3, -0.25) is 9.78 Å². The lowest BCUT2D eigenvalue weighted by molar-refractivity contribution is -0.145. The van der Waals surface area contributed by atoms with Crippen LogP contribution in [0.5, 0.6) is 0 Å². The number of thiocarbonyl (C=S) groups is 1. The Bertz CT molecular complexity index is 513. The van der Waals surface area contributed by atoms with Crippen molar-refractivity contribution in [3.63, 3.8) is 0 Å². The fourth-order valence-electron chi connectivity index (χ4n) is 3.31. The Morgan fingerprint density at radius 1 is 1.35 bits per heavy atom. The summed E-state index contributed by atoms with van der Waals surface area (Å²) in [7, 11) is 0. The van der Waals surface area contributed by atoms with Crippen molar-refractivity contribution in [2.24, 2.45) is 17.6 Å². The van der Waals surface area contributed by atoms with Crippen molar-refractivity contribution in [3.05, 3.63) is 30.1 Å². The number of carbonyl (C=O) groups is 1. The van der Waals surface area contributed by atoms with Gasteiger partial charge >= 0.3 is 5.97 Å². The number of carbonyl (C=O) groups excluding carboxylic acids is 1. The highest BCUT2D eigenvalue weighted by molar-refractivity contribution is 7.80. The third kappa shape index (κ3) is 5.27. The van der Waals surface area contributed by atoms with Gasteiger partial charge < -0.3 is 10.5 Å². The predicted octanol–water partition coefficient (Wildman–Crippen LogP) is 3.60. The van der Waals surface area contributed by atoms with E-state index >= 15 is 0 Å². The molecule has 1 saturated carbocycles. The molecule has 0 spiro atoms. The van der Waals surface area contributed by atoms with E-state index in [0.717, 1.165) is 18.8 Å². The molecule has 126 valence electrons. The van der Waals surface area contributed by atoms with Crippen LogP contribution < -0.4 is 5.73 Å². The van der Waals surface area contributed by atoms with E-state index in [1.165, 1.54) is 25.7 Å². The topological polar surface area (TPSA) is 65.2 Å². The zero-order chi connectivity index (χ0) is 16.7. The molecule has 1 unspecified atom stereocenters. The average molecular weight is 334 g/mol. The van der Waals surface area contributed by atoms with E-state index in [9.17, 15) is 4.79 Å². The summed E-state index contributed by atoms with van der Waals surface area (Å²) in [5.41, 5.74) is 6.27. The van der Waals surface area contributed by atoms with Crippen LogP contribution in [0, 0.1) is 11.8 Å². The van der Waals surface area contributed by atoms with Crippen LogP contribution in [0.3, 0.4) is 0 Å². The van der Waals surface area contributed by atoms with Gasteiger partial charge in [0.1, 0.15) is 5.92 Å². The van der Waals surface area contributed by atoms with Crippen molar-refractivity contribution < 1.29 is 9.53 Å². The lowest BCUT2D eigenvalue weighted by Gasteiger charge is -2.28. The first kappa shape index (κ1) is 17.9. The first-order chi connectivity index (χ1) is 11.1. The van der Waals surface area contributed by atoms with Crippen LogP contribution in [0.1, 0.15) is 57.1 Å². The molecule has 0 saturated heterocycles. The van der Waals surface area contributed by atoms with Gasteiger partial charge in [0, 0.05) is 6.20 Å². The molecule has 5 heteroatoms. The summed E-state index contributed by atoms with van der Waals surface area (Å²) in [6.07, 6.45) is 8.96. The SMILES string of the molecule is CCCC1CCC(COC(=O)C(C(N)=S)c2ccccn2)CC1. The third-order valence-electron chi connectivity index (χ3n) is 4.63. The summed E-state index contributed by atoms with van der Waals surface area (Å²) >= 11 is 5.03. The third-order valence-corrected chi connectivity index (χ3v) is 4.86. The minimum Gasteiger partial charge on any atom is -0.465 e. The number of pyridine rings is 1. The zero-order valence-corrected chi connectivity index (χ0v) is 14.6. The molecule has 0 aromatic carbocycles. The van der Waals surface area contributed by atoms with Gasteiger partial charge in [-0.1, -0.05) is 50.9 Å². The van der Waals surface area contributed by atoms with Gasteiger partial charge in [-0.2, -0.15) is 0 Å². The van der Waals surface area contributed by atoms with Crippen molar-refractivity contribution in [2.75, 3.05) is 6.61 Å². The highest BCUT2D eigenvalue weighted by atomic mass is 32.1. The van der Waals surface area contributed by atoms with Crippen molar-refractivity contribution in [1.82, 2.24) is 4.98 Å². The van der Waals surface area contributed by atoms with E-state index in [2.05, 4.69) is 11.9 Å². The Morgan fingerprint density at radius 2 is 2.04 bits per heavy atom. The Labute approximate surface area is 143 Å². The number of esters is 1. The van der Waals surface area contributed by atoms with Gasteiger partial charge in [0.05, 0.1) is 17.3 Å². The molecule has 1 aromatic heterocycles. The summed E-state index contributed by atoms with van der Waals surface area (Å²) in [5, 5.41) is 0. The molecule has 0 amide bonds. The number of hydrogen-bond donors (Lipinski definition) is 1. The molecule has 1 aromatic rings. The molecule has 4 nitrogen and oxygen atoms in total. The largest absolute Gasteiger partial charge is 0.465 e. The van der Waals surface area contributed by atoms with Gasteiger partial charge in [0.25, 0.3) is 0 Å². The number of ether oxygens (including phenoxy) is 1. The maximum absolute atomic E-state index is 12.4. The summed E-state index contributed by atoms with van der Waals surface area (Å²) in [4.78, 5) is 16.7. The molecule has 2 rings (SSSR count). The Hall–Kier alpha value is -1.49. The van der Waals surface area contributed by atoms with Crippen LogP contribution in [-0.4, -0.2) is 22.5 Å². The number of aromatic nitrogens is 1. The molecular formula is C18H26N2O2S. The maximum Gasteiger partial charge on any atom is 0.322 e. The molecule has 23 heavy (non-hydrogen) atoms. The number of nitrogens with zero attached hydrogens (tertiary/aromatic N) is 1. The van der Waals surface area contributed by atoms with Gasteiger partial charge in [0.15, 0.2) is 0 Å². The average Bonchev–Trinajstić information content (AvgIpc) is 2.55. The van der Waals surface area contributed by atoms with Crippen LogP contribution in [-0.2, 0) is 9.53 Å². The number of nitrogens with two attached hydrogens (primary N) is 1. The first-order valence-corrected chi connectivity index (χ1v) is 8.89. The van der Waals surface area contributed by atoms with Gasteiger partial charge in [-0.05, 0) is 36.8 Å². The van der Waals surface area contributed by atoms with Gasteiger partial charge in [-0.25, -0.2) is 0 Å². The van der Waals surface area contributed by atoms with E-state index < -0.39 is 5.92 Å². The maximum atomic E-state index is 12.4. The number of rotatable bonds is 7. The molecule has 1 aliphatic carbocycles. The normalized spacial score (nSPS) is 22.3. The second-order valence-electron chi connectivity index (χ2n) is 6.40. The van der Waals surface area contributed by atoms with Crippen molar-refractivity contribution in [2.45, 2.75) is 51.4 Å². The monoisotopic (exact) mass is 334 g/mol. The smallest absolute Gasteiger partial charge is 0.322 e. The van der Waals surface area contributed by atoms with Gasteiger partial charge in [-0.15, -0.1) is 0 Å². The first-order valence-electron chi connectivity index (χ1n) is 8.48. The van der Waals surface area contributed by atoms with Crippen LogP contribution in [0.25, 0.3) is 0 Å². The van der Waals surface area contributed by atoms with E-state index in [4.69, 9.17) is 22.7 Å². The molecule has 0 radical (unpaired) electrons. The summed E-state index contributed by atoms with van der Waals surface area (Å²) in [6, 6.07) is 5.36. The minimum atomic E-state index is -0.748. The highest BCUT2D eigenvalue weighted by Gasteiger charge is 2.28. The Kier molecular flexibility index (Phi) is 6.96. The summed E-state index contributed by atoms with van der Waals surface area (Å²) < 4.78 is 5.51. The second-order valence-corrected chi connectivity index (χ2v) is 6.87. The van der Waals surface area contributed by atoms with Crippen molar-refractivity contribution >= 4 is 23.2 Å². The van der Waals surface area contributed by atoms with Crippen LogP contribution >= 0.6 is 12.2 Å². The van der Waals surface area contributed by atoms with E-state index in [0.29, 0.717) is 18.2 Å². The molecule has 1 atom stereocenters. The van der Waals surface area contributed by atoms with E-state index in [1.807, 2.05) is 6.07 Å². The van der Waals surface area contributed by atoms with Crippen LogP contribution in [0.4, 0.5) is 0 Å². The van der Waals surface area contributed by atoms with E-state index in [1.54, 1.807) is 18.3 Å². The van der Waals surface area contributed by atoms with Crippen molar-refractivity contribution in [3.8, 4) is 0 Å². The zero-order valence-electron chi connectivity index (χ0n) is 13.7. The molecule has 1 fully saturated rings. The fraction of sp³-hybridized carbons (Fsp3) is 0.611. The quantitative estimate of drug-likeness (QED) is 0.609. The second kappa shape index (κ2) is 8.96. The predicted molar refractivity (Wildman–Crippen MR) is 95.1 cm³/mol. The van der Waals surface area contributed by atoms with Crippen LogP contribution in [0.2, 0.25) is 0 Å². The molecule has 0 bridgehead atoms. The Morgan fingerprint density at radius 3 is 2.61 bits per heavy atom. The van der Waals surface area contributed by atoms with Gasteiger partial charge in [0.2, 0.25) is 0 Å². The molecule has 2 N–H and O–H groups in total.